The van der Waals surface area contributed by atoms with Crippen molar-refractivity contribution in [2.75, 3.05) is 0 Å². The lowest BCUT2D eigenvalue weighted by atomic mass is 10.0. The first-order chi connectivity index (χ1) is 9.88. The molecule has 2 rings (SSSR count). The van der Waals surface area contributed by atoms with E-state index in [0.717, 1.165) is 0 Å². The van der Waals surface area contributed by atoms with Gasteiger partial charge in [-0.3, -0.25) is 5.32 Å². The van der Waals surface area contributed by atoms with Crippen LogP contribution in [0.15, 0.2) is 54.6 Å². The van der Waals surface area contributed by atoms with Crippen LogP contribution in [0.1, 0.15) is 30.1 Å². The number of hydrogen-bond donors (Lipinski definition) is 1. The third kappa shape index (κ3) is 4.04. The van der Waals surface area contributed by atoms with Gasteiger partial charge in [0.25, 0.3) is 0 Å². The van der Waals surface area contributed by atoms with Crippen LogP contribution in [-0.4, -0.2) is 6.18 Å². The summed E-state index contributed by atoms with van der Waals surface area (Å²) in [4.78, 5) is 0. The fraction of sp³-hybridized carbons (Fsp3) is 0.250. The SMILES string of the molecule is CC(NC(c1ccccc1)C(F)(F)F)c1cccc(F)c1. The van der Waals surface area contributed by atoms with E-state index in [0.29, 0.717) is 5.56 Å². The van der Waals surface area contributed by atoms with Crippen LogP contribution < -0.4 is 5.32 Å². The zero-order chi connectivity index (χ0) is 15.5. The van der Waals surface area contributed by atoms with E-state index in [1.807, 2.05) is 0 Å². The highest BCUT2D eigenvalue weighted by Crippen LogP contribution is 2.34. The molecule has 2 atom stereocenters. The third-order valence-corrected chi connectivity index (χ3v) is 3.23. The maximum Gasteiger partial charge on any atom is 0.407 e. The summed E-state index contributed by atoms with van der Waals surface area (Å²) in [7, 11) is 0. The van der Waals surface area contributed by atoms with Crippen LogP contribution in [0.3, 0.4) is 0 Å². The van der Waals surface area contributed by atoms with Gasteiger partial charge >= 0.3 is 6.18 Å². The summed E-state index contributed by atoms with van der Waals surface area (Å²) < 4.78 is 52.8. The predicted octanol–water partition coefficient (Wildman–Crippen LogP) is 4.78. The monoisotopic (exact) mass is 297 g/mol. The maximum atomic E-state index is 13.2. The summed E-state index contributed by atoms with van der Waals surface area (Å²) in [5.41, 5.74) is 0.605. The molecular formula is C16H15F4N. The number of nitrogens with one attached hydrogen (secondary N) is 1. The van der Waals surface area contributed by atoms with E-state index < -0.39 is 24.1 Å². The van der Waals surface area contributed by atoms with Crippen molar-refractivity contribution in [2.24, 2.45) is 0 Å². The first-order valence-electron chi connectivity index (χ1n) is 6.51. The van der Waals surface area contributed by atoms with E-state index in [4.69, 9.17) is 0 Å². The molecule has 0 fully saturated rings. The second kappa shape index (κ2) is 6.26. The summed E-state index contributed by atoms with van der Waals surface area (Å²) >= 11 is 0. The Labute approximate surface area is 120 Å². The van der Waals surface area contributed by atoms with Gasteiger partial charge in [-0.05, 0) is 30.2 Å². The summed E-state index contributed by atoms with van der Waals surface area (Å²) in [5, 5.41) is 2.53. The van der Waals surface area contributed by atoms with Crippen LogP contribution in [0.4, 0.5) is 17.6 Å². The number of rotatable bonds is 4. The number of halogens is 4. The van der Waals surface area contributed by atoms with E-state index in [2.05, 4.69) is 5.32 Å². The van der Waals surface area contributed by atoms with Crippen LogP contribution in [0, 0.1) is 5.82 Å². The Kier molecular flexibility index (Phi) is 4.63. The topological polar surface area (TPSA) is 12.0 Å². The van der Waals surface area contributed by atoms with Crippen molar-refractivity contribution in [1.82, 2.24) is 5.32 Å². The zero-order valence-corrected chi connectivity index (χ0v) is 11.4. The lowest BCUT2D eigenvalue weighted by molar-refractivity contribution is -0.159. The molecule has 0 aliphatic carbocycles. The lowest BCUT2D eigenvalue weighted by Crippen LogP contribution is -2.35. The molecule has 0 saturated heterocycles. The Balaban J connectivity index is 2.24. The Morgan fingerprint density at radius 2 is 1.52 bits per heavy atom. The molecule has 1 nitrogen and oxygen atoms in total. The van der Waals surface area contributed by atoms with Crippen molar-refractivity contribution < 1.29 is 17.6 Å². The minimum Gasteiger partial charge on any atom is -0.296 e. The van der Waals surface area contributed by atoms with E-state index in [-0.39, 0.29) is 5.56 Å². The fourth-order valence-corrected chi connectivity index (χ4v) is 2.15. The molecule has 0 amide bonds. The van der Waals surface area contributed by atoms with Gasteiger partial charge in [-0.15, -0.1) is 0 Å². The molecule has 21 heavy (non-hydrogen) atoms. The maximum absolute atomic E-state index is 13.2. The summed E-state index contributed by atoms with van der Waals surface area (Å²) in [6.07, 6.45) is -4.43. The van der Waals surface area contributed by atoms with Gasteiger partial charge in [-0.2, -0.15) is 13.2 Å². The van der Waals surface area contributed by atoms with E-state index >= 15 is 0 Å². The highest BCUT2D eigenvalue weighted by atomic mass is 19.4. The summed E-state index contributed by atoms with van der Waals surface area (Å²) in [6, 6.07) is 10.8. The number of alkyl halides is 3. The molecule has 2 unspecified atom stereocenters. The molecule has 0 aromatic heterocycles. The van der Waals surface area contributed by atoms with Gasteiger partial charge in [0.15, 0.2) is 0 Å². The third-order valence-electron chi connectivity index (χ3n) is 3.23. The Morgan fingerprint density at radius 1 is 0.905 bits per heavy atom. The molecule has 5 heteroatoms. The number of benzene rings is 2. The molecule has 0 radical (unpaired) electrons. The smallest absolute Gasteiger partial charge is 0.296 e. The normalized spacial score (nSPS) is 14.7. The highest BCUT2D eigenvalue weighted by Gasteiger charge is 2.41. The first-order valence-corrected chi connectivity index (χ1v) is 6.51. The van der Waals surface area contributed by atoms with Gasteiger partial charge in [0.05, 0.1) is 0 Å². The molecular weight excluding hydrogens is 282 g/mol. The van der Waals surface area contributed by atoms with Gasteiger partial charge in [0.2, 0.25) is 0 Å². The fourth-order valence-electron chi connectivity index (χ4n) is 2.15. The Bertz CT molecular complexity index is 580. The minimum atomic E-state index is -4.43. The number of hydrogen-bond acceptors (Lipinski definition) is 1. The van der Waals surface area contributed by atoms with Gasteiger partial charge in [0, 0.05) is 6.04 Å². The van der Waals surface area contributed by atoms with Crippen molar-refractivity contribution in [1.29, 1.82) is 0 Å². The minimum absolute atomic E-state index is 0.133. The Hall–Kier alpha value is -1.88. The molecule has 2 aromatic carbocycles. The molecule has 2 aromatic rings. The molecule has 0 spiro atoms. The van der Waals surface area contributed by atoms with Crippen LogP contribution in [0.5, 0.6) is 0 Å². The van der Waals surface area contributed by atoms with E-state index in [1.54, 1.807) is 31.2 Å². The van der Waals surface area contributed by atoms with Crippen LogP contribution >= 0.6 is 0 Å². The molecule has 0 bridgehead atoms. The van der Waals surface area contributed by atoms with Gasteiger partial charge in [0.1, 0.15) is 11.9 Å². The average molecular weight is 297 g/mol. The molecule has 0 saturated carbocycles. The highest BCUT2D eigenvalue weighted by molar-refractivity contribution is 5.23. The van der Waals surface area contributed by atoms with Gasteiger partial charge in [-0.25, -0.2) is 4.39 Å². The lowest BCUT2D eigenvalue weighted by Gasteiger charge is -2.26. The molecule has 0 aliphatic heterocycles. The van der Waals surface area contributed by atoms with E-state index in [9.17, 15) is 17.6 Å². The molecule has 0 heterocycles. The van der Waals surface area contributed by atoms with Crippen molar-refractivity contribution in [2.45, 2.75) is 25.2 Å². The second-order valence-corrected chi connectivity index (χ2v) is 4.83. The standard InChI is InChI=1S/C16H15F4N/c1-11(13-8-5-9-14(17)10-13)21-15(16(18,19)20)12-6-3-2-4-7-12/h2-11,15,21H,1H3. The van der Waals surface area contributed by atoms with Gasteiger partial charge < -0.3 is 0 Å². The quantitative estimate of drug-likeness (QED) is 0.801. The molecule has 112 valence electrons. The summed E-state index contributed by atoms with van der Waals surface area (Å²) in [5.74, 6) is -0.468. The van der Waals surface area contributed by atoms with Crippen molar-refractivity contribution in [3.63, 3.8) is 0 Å². The van der Waals surface area contributed by atoms with E-state index in [1.165, 1.54) is 30.3 Å². The first kappa shape index (κ1) is 15.5. The van der Waals surface area contributed by atoms with Crippen molar-refractivity contribution >= 4 is 0 Å². The van der Waals surface area contributed by atoms with Crippen LogP contribution in [-0.2, 0) is 0 Å². The predicted molar refractivity (Wildman–Crippen MR) is 73.2 cm³/mol. The Morgan fingerprint density at radius 3 is 2.10 bits per heavy atom. The van der Waals surface area contributed by atoms with Gasteiger partial charge in [-0.1, -0.05) is 42.5 Å². The largest absolute Gasteiger partial charge is 0.407 e. The molecule has 1 N–H and O–H groups in total. The van der Waals surface area contributed by atoms with Crippen LogP contribution in [0.25, 0.3) is 0 Å². The average Bonchev–Trinajstić information content (AvgIpc) is 2.44. The van der Waals surface area contributed by atoms with Crippen molar-refractivity contribution in [3.05, 3.63) is 71.5 Å². The molecule has 0 aliphatic rings. The zero-order valence-electron chi connectivity index (χ0n) is 11.4. The second-order valence-electron chi connectivity index (χ2n) is 4.83. The van der Waals surface area contributed by atoms with Crippen LogP contribution in [0.2, 0.25) is 0 Å². The van der Waals surface area contributed by atoms with Crippen molar-refractivity contribution in [3.8, 4) is 0 Å². The summed E-state index contributed by atoms with van der Waals surface area (Å²) in [6.45, 7) is 1.58.